The molecule has 2 N–H and O–H groups in total. The van der Waals surface area contributed by atoms with Gasteiger partial charge in [-0.1, -0.05) is 6.07 Å². The molecule has 1 heterocycles. The molecule has 1 aromatic heterocycles. The number of nitrogens with one attached hydrogen (secondary N) is 2. The SMILES string of the molecule is COCCCNC(=O)c1c(NC(=O)/C=C/c2ccc(OC(F)F)c(OC)c2)sc2c1CCCC2. The van der Waals surface area contributed by atoms with Crippen molar-refractivity contribution in [3.05, 3.63) is 45.8 Å². The number of carbonyl (C=O) groups excluding carboxylic acids is 2. The van der Waals surface area contributed by atoms with Crippen LogP contribution in [0.5, 0.6) is 11.5 Å². The van der Waals surface area contributed by atoms with Crippen LogP contribution in [-0.4, -0.2) is 45.8 Å². The quantitative estimate of drug-likeness (QED) is 0.351. The molecule has 1 aromatic carbocycles. The number of alkyl halides is 2. The van der Waals surface area contributed by atoms with Crippen LogP contribution in [0.4, 0.5) is 13.8 Å². The van der Waals surface area contributed by atoms with Gasteiger partial charge in [0.1, 0.15) is 5.00 Å². The third kappa shape index (κ3) is 6.77. The van der Waals surface area contributed by atoms with E-state index in [2.05, 4.69) is 15.4 Å². The summed E-state index contributed by atoms with van der Waals surface area (Å²) in [5.41, 5.74) is 2.11. The maximum absolute atomic E-state index is 12.9. The molecule has 34 heavy (non-hydrogen) atoms. The second-order valence-corrected chi connectivity index (χ2v) is 8.73. The average Bonchev–Trinajstić information content (AvgIpc) is 3.18. The molecule has 2 aromatic rings. The van der Waals surface area contributed by atoms with Gasteiger partial charge in [0.15, 0.2) is 11.5 Å². The van der Waals surface area contributed by atoms with E-state index < -0.39 is 12.5 Å². The van der Waals surface area contributed by atoms with Crippen molar-refractivity contribution in [2.75, 3.05) is 32.7 Å². The fraction of sp³-hybridized carbons (Fsp3) is 0.417. The molecule has 184 valence electrons. The third-order valence-electron chi connectivity index (χ3n) is 5.28. The van der Waals surface area contributed by atoms with Crippen LogP contribution in [0.3, 0.4) is 0 Å². The predicted octanol–water partition coefficient (Wildman–Crippen LogP) is 4.66. The topological polar surface area (TPSA) is 85.9 Å². The molecule has 0 aliphatic heterocycles. The summed E-state index contributed by atoms with van der Waals surface area (Å²) in [6.45, 7) is -1.93. The largest absolute Gasteiger partial charge is 0.493 e. The van der Waals surface area contributed by atoms with Crippen molar-refractivity contribution in [2.24, 2.45) is 0 Å². The molecule has 0 saturated carbocycles. The van der Waals surface area contributed by atoms with Gasteiger partial charge in [0.05, 0.1) is 12.7 Å². The van der Waals surface area contributed by atoms with E-state index in [0.29, 0.717) is 35.7 Å². The number of carbonyl (C=O) groups is 2. The van der Waals surface area contributed by atoms with Crippen LogP contribution in [0, 0.1) is 0 Å². The Morgan fingerprint density at radius 1 is 1.18 bits per heavy atom. The number of hydrogen-bond acceptors (Lipinski definition) is 6. The number of ether oxygens (including phenoxy) is 3. The van der Waals surface area contributed by atoms with Crippen molar-refractivity contribution in [3.63, 3.8) is 0 Å². The van der Waals surface area contributed by atoms with Gasteiger partial charge >= 0.3 is 6.61 Å². The van der Waals surface area contributed by atoms with E-state index in [0.717, 1.165) is 36.1 Å². The lowest BCUT2D eigenvalue weighted by molar-refractivity contribution is -0.111. The smallest absolute Gasteiger partial charge is 0.387 e. The molecule has 0 atom stereocenters. The zero-order valence-electron chi connectivity index (χ0n) is 19.1. The molecule has 0 radical (unpaired) electrons. The van der Waals surface area contributed by atoms with Crippen molar-refractivity contribution in [3.8, 4) is 11.5 Å². The van der Waals surface area contributed by atoms with Gasteiger partial charge < -0.3 is 24.8 Å². The molecule has 0 fully saturated rings. The molecule has 0 spiro atoms. The monoisotopic (exact) mass is 494 g/mol. The summed E-state index contributed by atoms with van der Waals surface area (Å²) in [6.07, 6.45) is 7.32. The number of anilines is 1. The van der Waals surface area contributed by atoms with Crippen molar-refractivity contribution in [1.82, 2.24) is 5.32 Å². The zero-order chi connectivity index (χ0) is 24.5. The molecular weight excluding hydrogens is 466 g/mol. The molecule has 1 aliphatic rings. The van der Waals surface area contributed by atoms with Crippen LogP contribution in [0.15, 0.2) is 24.3 Å². The number of rotatable bonds is 11. The highest BCUT2D eigenvalue weighted by Gasteiger charge is 2.26. The Morgan fingerprint density at radius 2 is 1.97 bits per heavy atom. The Morgan fingerprint density at radius 3 is 2.71 bits per heavy atom. The molecule has 2 amide bonds. The van der Waals surface area contributed by atoms with Crippen LogP contribution in [-0.2, 0) is 22.4 Å². The Hall–Kier alpha value is -2.98. The summed E-state index contributed by atoms with van der Waals surface area (Å²) in [5, 5.41) is 6.28. The fourth-order valence-electron chi connectivity index (χ4n) is 3.71. The van der Waals surface area contributed by atoms with E-state index in [1.165, 1.54) is 48.8 Å². The minimum atomic E-state index is -2.97. The Labute approximate surface area is 201 Å². The maximum Gasteiger partial charge on any atom is 0.387 e. The minimum absolute atomic E-state index is 0.0931. The second kappa shape index (κ2) is 12.5. The average molecular weight is 495 g/mol. The number of thiophene rings is 1. The highest BCUT2D eigenvalue weighted by Crippen LogP contribution is 2.38. The lowest BCUT2D eigenvalue weighted by Gasteiger charge is -2.13. The fourth-order valence-corrected chi connectivity index (χ4v) is 5.00. The highest BCUT2D eigenvalue weighted by molar-refractivity contribution is 7.17. The maximum atomic E-state index is 12.9. The third-order valence-corrected chi connectivity index (χ3v) is 6.48. The van der Waals surface area contributed by atoms with E-state index >= 15 is 0 Å². The first kappa shape index (κ1) is 25.6. The lowest BCUT2D eigenvalue weighted by Crippen LogP contribution is -2.27. The summed E-state index contributed by atoms with van der Waals surface area (Å²) in [4.78, 5) is 26.7. The Bertz CT molecular complexity index is 1040. The van der Waals surface area contributed by atoms with Gasteiger partial charge in [-0.25, -0.2) is 0 Å². The summed E-state index contributed by atoms with van der Waals surface area (Å²) < 4.78 is 39.5. The number of hydrogen-bond donors (Lipinski definition) is 2. The second-order valence-electron chi connectivity index (χ2n) is 7.63. The Kier molecular flexibility index (Phi) is 9.41. The van der Waals surface area contributed by atoms with Gasteiger partial charge in [0.25, 0.3) is 5.91 Å². The van der Waals surface area contributed by atoms with Crippen LogP contribution < -0.4 is 20.1 Å². The number of fused-ring (bicyclic) bond motifs is 1. The number of amides is 2. The van der Waals surface area contributed by atoms with Crippen LogP contribution in [0.1, 0.15) is 45.6 Å². The van der Waals surface area contributed by atoms with E-state index in [9.17, 15) is 18.4 Å². The standard InChI is InChI=1S/C24H28F2N2O5S/c1-31-13-5-12-27-22(30)21-16-6-3-4-7-19(16)34-23(21)28-20(29)11-9-15-8-10-17(33-24(25)26)18(14-15)32-2/h8-11,14,24H,3-7,12-13H2,1-2H3,(H,27,30)(H,28,29)/b11-9+. The predicted molar refractivity (Wildman–Crippen MR) is 127 cm³/mol. The van der Waals surface area contributed by atoms with Crippen molar-refractivity contribution < 1.29 is 32.6 Å². The van der Waals surface area contributed by atoms with Gasteiger partial charge in [0, 0.05) is 31.2 Å². The van der Waals surface area contributed by atoms with Crippen LogP contribution in [0.2, 0.25) is 0 Å². The van der Waals surface area contributed by atoms with E-state index in [1.54, 1.807) is 7.11 Å². The van der Waals surface area contributed by atoms with Gasteiger partial charge in [0.2, 0.25) is 5.91 Å². The Balaban J connectivity index is 1.73. The van der Waals surface area contributed by atoms with E-state index in [-0.39, 0.29) is 17.4 Å². The number of halogens is 2. The van der Waals surface area contributed by atoms with Crippen molar-refractivity contribution >= 4 is 34.2 Å². The van der Waals surface area contributed by atoms with Crippen molar-refractivity contribution in [1.29, 1.82) is 0 Å². The molecule has 0 saturated heterocycles. The molecule has 0 bridgehead atoms. The minimum Gasteiger partial charge on any atom is -0.493 e. The van der Waals surface area contributed by atoms with Gasteiger partial charge in [-0.05, 0) is 61.4 Å². The van der Waals surface area contributed by atoms with Gasteiger partial charge in [-0.15, -0.1) is 11.3 Å². The summed E-state index contributed by atoms with van der Waals surface area (Å²) in [5.74, 6) is -0.571. The van der Waals surface area contributed by atoms with Crippen molar-refractivity contribution in [2.45, 2.75) is 38.7 Å². The van der Waals surface area contributed by atoms with Crippen LogP contribution in [0.25, 0.3) is 6.08 Å². The van der Waals surface area contributed by atoms with Gasteiger partial charge in [-0.2, -0.15) is 8.78 Å². The molecule has 7 nitrogen and oxygen atoms in total. The number of methoxy groups -OCH3 is 2. The van der Waals surface area contributed by atoms with E-state index in [1.807, 2.05) is 0 Å². The first-order valence-electron chi connectivity index (χ1n) is 11.0. The van der Waals surface area contributed by atoms with Crippen LogP contribution >= 0.6 is 11.3 Å². The molecule has 0 unspecified atom stereocenters. The number of benzene rings is 1. The normalized spacial score (nSPS) is 13.1. The lowest BCUT2D eigenvalue weighted by atomic mass is 9.95. The molecule has 1 aliphatic carbocycles. The zero-order valence-corrected chi connectivity index (χ0v) is 19.9. The molecular formula is C24H28F2N2O5S. The first-order chi connectivity index (χ1) is 16.4. The first-order valence-corrected chi connectivity index (χ1v) is 11.8. The summed E-state index contributed by atoms with van der Waals surface area (Å²) in [7, 11) is 2.95. The number of aryl methyl sites for hydroxylation is 1. The molecule has 3 rings (SSSR count). The summed E-state index contributed by atoms with van der Waals surface area (Å²) >= 11 is 1.44. The van der Waals surface area contributed by atoms with E-state index in [4.69, 9.17) is 9.47 Å². The highest BCUT2D eigenvalue weighted by atomic mass is 32.1. The van der Waals surface area contributed by atoms with Gasteiger partial charge in [-0.3, -0.25) is 9.59 Å². The summed E-state index contributed by atoms with van der Waals surface area (Å²) in [6, 6.07) is 4.37. The molecule has 10 heteroatoms.